The fourth-order valence-corrected chi connectivity index (χ4v) is 2.57. The molecule has 120 valence electrons. The van der Waals surface area contributed by atoms with E-state index in [0.29, 0.717) is 25.2 Å². The van der Waals surface area contributed by atoms with E-state index in [1.165, 1.54) is 0 Å². The Kier molecular flexibility index (Phi) is 4.39. The molecular weight excluding hydrogens is 282 g/mol. The van der Waals surface area contributed by atoms with Gasteiger partial charge in [0.2, 0.25) is 0 Å². The maximum absolute atomic E-state index is 12.3. The van der Waals surface area contributed by atoms with Gasteiger partial charge in [0.1, 0.15) is 11.3 Å². The molecule has 1 aliphatic rings. The average molecular weight is 305 g/mol. The van der Waals surface area contributed by atoms with Gasteiger partial charge < -0.3 is 9.64 Å². The van der Waals surface area contributed by atoms with Crippen molar-refractivity contribution in [3.63, 3.8) is 0 Å². The molecule has 0 aliphatic carbocycles. The highest BCUT2D eigenvalue weighted by Gasteiger charge is 2.33. The second-order valence-electron chi connectivity index (χ2n) is 6.56. The van der Waals surface area contributed by atoms with Crippen molar-refractivity contribution in [1.82, 2.24) is 14.7 Å². The Morgan fingerprint density at radius 1 is 1.50 bits per heavy atom. The summed E-state index contributed by atoms with van der Waals surface area (Å²) in [6.07, 6.45) is 2.73. The van der Waals surface area contributed by atoms with Gasteiger partial charge in [-0.1, -0.05) is 6.08 Å². The summed E-state index contributed by atoms with van der Waals surface area (Å²) >= 11 is 0. The van der Waals surface area contributed by atoms with Gasteiger partial charge in [-0.05, 0) is 27.7 Å². The first kappa shape index (κ1) is 16.3. The Morgan fingerprint density at radius 2 is 2.18 bits per heavy atom. The number of hydrogen-bond acceptors (Lipinski definition) is 4. The van der Waals surface area contributed by atoms with Gasteiger partial charge in [-0.3, -0.25) is 9.48 Å². The Labute approximate surface area is 130 Å². The number of allylic oxidation sites excluding steroid dienone is 1. The quantitative estimate of drug-likeness (QED) is 0.636. The van der Waals surface area contributed by atoms with E-state index in [4.69, 9.17) is 4.74 Å². The lowest BCUT2D eigenvalue weighted by Gasteiger charge is -2.34. The number of carbonyl (C=O) groups excluding carboxylic acids is 2. The van der Waals surface area contributed by atoms with Gasteiger partial charge in [-0.2, -0.15) is 5.10 Å². The van der Waals surface area contributed by atoms with Crippen LogP contribution in [0.1, 0.15) is 49.4 Å². The molecule has 6 nitrogen and oxygen atoms in total. The average Bonchev–Trinajstić information content (AvgIpc) is 2.72. The van der Waals surface area contributed by atoms with Crippen LogP contribution >= 0.6 is 0 Å². The van der Waals surface area contributed by atoms with Crippen molar-refractivity contribution >= 4 is 12.4 Å². The molecule has 2 heterocycles. The minimum absolute atomic E-state index is 0.0195. The number of rotatable bonds is 3. The van der Waals surface area contributed by atoms with Gasteiger partial charge in [0.25, 0.3) is 0 Å². The largest absolute Gasteiger partial charge is 0.444 e. The molecule has 1 aromatic heterocycles. The van der Waals surface area contributed by atoms with Crippen LogP contribution in [0.4, 0.5) is 4.79 Å². The standard InChI is InChI=1S/C16H23N3O3/c1-6-7-19-14(10-20)12-9-18(11(2)8-13(12)17-19)15(21)22-16(3,4)5/h6,10-11H,1,7-9H2,2-5H3/t11-/m1/s1. The zero-order chi connectivity index (χ0) is 16.5. The molecule has 2 rings (SSSR count). The lowest BCUT2D eigenvalue weighted by Crippen LogP contribution is -2.45. The number of ether oxygens (including phenoxy) is 1. The topological polar surface area (TPSA) is 64.4 Å². The van der Waals surface area contributed by atoms with Crippen LogP contribution in [0.3, 0.4) is 0 Å². The highest BCUT2D eigenvalue weighted by atomic mass is 16.6. The minimum atomic E-state index is -0.544. The Bertz CT molecular complexity index is 599. The van der Waals surface area contributed by atoms with Gasteiger partial charge in [0.15, 0.2) is 6.29 Å². The molecule has 0 unspecified atom stereocenters. The molecule has 1 aromatic rings. The zero-order valence-corrected chi connectivity index (χ0v) is 13.6. The van der Waals surface area contributed by atoms with Crippen molar-refractivity contribution in [3.8, 4) is 0 Å². The summed E-state index contributed by atoms with van der Waals surface area (Å²) < 4.78 is 7.08. The highest BCUT2D eigenvalue weighted by molar-refractivity contribution is 5.76. The summed E-state index contributed by atoms with van der Waals surface area (Å²) in [5.74, 6) is 0. The van der Waals surface area contributed by atoms with Crippen LogP contribution in [0.15, 0.2) is 12.7 Å². The van der Waals surface area contributed by atoms with Crippen molar-refractivity contribution in [2.24, 2.45) is 0 Å². The summed E-state index contributed by atoms with van der Waals surface area (Å²) in [6, 6.07) is -0.0195. The van der Waals surface area contributed by atoms with Crippen LogP contribution in [-0.4, -0.2) is 38.7 Å². The number of fused-ring (bicyclic) bond motifs is 1. The monoisotopic (exact) mass is 305 g/mol. The van der Waals surface area contributed by atoms with Crippen molar-refractivity contribution in [1.29, 1.82) is 0 Å². The first-order valence-electron chi connectivity index (χ1n) is 7.41. The van der Waals surface area contributed by atoms with E-state index in [1.54, 1.807) is 15.7 Å². The molecule has 0 spiro atoms. The second kappa shape index (κ2) is 5.94. The Morgan fingerprint density at radius 3 is 2.73 bits per heavy atom. The number of amides is 1. The molecule has 0 saturated carbocycles. The Balaban J connectivity index is 2.30. The number of aldehydes is 1. The highest BCUT2D eigenvalue weighted by Crippen LogP contribution is 2.26. The van der Waals surface area contributed by atoms with E-state index in [0.717, 1.165) is 17.5 Å². The normalized spacial score (nSPS) is 17.8. The van der Waals surface area contributed by atoms with E-state index in [9.17, 15) is 9.59 Å². The van der Waals surface area contributed by atoms with E-state index in [1.807, 2.05) is 27.7 Å². The van der Waals surface area contributed by atoms with Crippen molar-refractivity contribution in [2.45, 2.75) is 58.8 Å². The minimum Gasteiger partial charge on any atom is -0.444 e. The summed E-state index contributed by atoms with van der Waals surface area (Å²) in [5.41, 5.74) is 1.64. The third-order valence-corrected chi connectivity index (χ3v) is 3.57. The second-order valence-corrected chi connectivity index (χ2v) is 6.56. The van der Waals surface area contributed by atoms with E-state index < -0.39 is 5.60 Å². The van der Waals surface area contributed by atoms with Gasteiger partial charge in [-0.15, -0.1) is 6.58 Å². The van der Waals surface area contributed by atoms with E-state index >= 15 is 0 Å². The SMILES string of the molecule is C=CCn1nc2c(c1C=O)CN(C(=O)OC(C)(C)C)[C@H](C)C2. The summed E-state index contributed by atoms with van der Waals surface area (Å²) in [4.78, 5) is 25.4. The third-order valence-electron chi connectivity index (χ3n) is 3.57. The fraction of sp³-hybridized carbons (Fsp3) is 0.562. The molecule has 0 radical (unpaired) electrons. The van der Waals surface area contributed by atoms with Crippen molar-refractivity contribution < 1.29 is 14.3 Å². The summed E-state index contributed by atoms with van der Waals surface area (Å²) in [6.45, 7) is 12.0. The molecule has 1 aliphatic heterocycles. The van der Waals surface area contributed by atoms with E-state index in [2.05, 4.69) is 11.7 Å². The predicted octanol–water partition coefficient (Wildman–Crippen LogP) is 2.56. The number of nitrogens with zero attached hydrogens (tertiary/aromatic N) is 3. The molecule has 22 heavy (non-hydrogen) atoms. The predicted molar refractivity (Wildman–Crippen MR) is 82.8 cm³/mol. The van der Waals surface area contributed by atoms with Crippen LogP contribution in [0.5, 0.6) is 0 Å². The summed E-state index contributed by atoms with van der Waals surface area (Å²) in [7, 11) is 0. The third kappa shape index (κ3) is 3.21. The maximum atomic E-state index is 12.3. The van der Waals surface area contributed by atoms with Crippen LogP contribution in [-0.2, 0) is 24.2 Å². The number of aromatic nitrogens is 2. The first-order valence-corrected chi connectivity index (χ1v) is 7.41. The maximum Gasteiger partial charge on any atom is 0.410 e. The smallest absolute Gasteiger partial charge is 0.410 e. The Hall–Kier alpha value is -2.11. The van der Waals surface area contributed by atoms with Gasteiger partial charge >= 0.3 is 6.09 Å². The van der Waals surface area contributed by atoms with Crippen molar-refractivity contribution in [2.75, 3.05) is 0 Å². The van der Waals surface area contributed by atoms with Crippen LogP contribution in [0.2, 0.25) is 0 Å². The molecular formula is C16H23N3O3. The van der Waals surface area contributed by atoms with Crippen molar-refractivity contribution in [3.05, 3.63) is 29.6 Å². The fourth-order valence-electron chi connectivity index (χ4n) is 2.57. The molecule has 0 N–H and O–H groups in total. The molecule has 0 aromatic carbocycles. The molecule has 1 atom stereocenters. The molecule has 0 fully saturated rings. The first-order chi connectivity index (χ1) is 10.3. The molecule has 1 amide bonds. The van der Waals surface area contributed by atoms with Gasteiger partial charge in [-0.25, -0.2) is 4.79 Å². The summed E-state index contributed by atoms with van der Waals surface area (Å²) in [5, 5.41) is 4.47. The van der Waals surface area contributed by atoms with Gasteiger partial charge in [0.05, 0.1) is 18.8 Å². The van der Waals surface area contributed by atoms with Crippen LogP contribution < -0.4 is 0 Å². The molecule has 0 bridgehead atoms. The lowest BCUT2D eigenvalue weighted by atomic mass is 10.0. The van der Waals surface area contributed by atoms with Gasteiger partial charge in [0, 0.05) is 18.0 Å². The molecule has 0 saturated heterocycles. The number of hydrogen-bond donors (Lipinski definition) is 0. The zero-order valence-electron chi connectivity index (χ0n) is 13.6. The van der Waals surface area contributed by atoms with Crippen LogP contribution in [0, 0.1) is 0 Å². The lowest BCUT2D eigenvalue weighted by molar-refractivity contribution is 0.0137. The van der Waals surface area contributed by atoms with E-state index in [-0.39, 0.29) is 12.1 Å². The van der Waals surface area contributed by atoms with Crippen LogP contribution in [0.25, 0.3) is 0 Å². The molecule has 6 heteroatoms. The number of carbonyl (C=O) groups is 2.